The number of imidazole rings is 1. The summed E-state index contributed by atoms with van der Waals surface area (Å²) >= 11 is 0. The molecular formula is C21H26FN7O2. The number of benzene rings is 1. The molecule has 0 spiro atoms. The third-order valence-electron chi connectivity index (χ3n) is 6.07. The first-order valence-corrected chi connectivity index (χ1v) is 10.6. The van der Waals surface area contributed by atoms with Gasteiger partial charge in [0.1, 0.15) is 17.7 Å². The number of hydrogen-bond donors (Lipinski definition) is 2. The predicted octanol–water partition coefficient (Wildman–Crippen LogP) is 2.12. The highest BCUT2D eigenvalue weighted by molar-refractivity contribution is 5.98. The van der Waals surface area contributed by atoms with Gasteiger partial charge in [0.05, 0.1) is 22.3 Å². The number of aromatic amines is 1. The van der Waals surface area contributed by atoms with Gasteiger partial charge in [-0.2, -0.15) is 5.10 Å². The van der Waals surface area contributed by atoms with Crippen LogP contribution in [0.15, 0.2) is 18.3 Å². The van der Waals surface area contributed by atoms with Crippen LogP contribution in [0.25, 0.3) is 22.6 Å². The van der Waals surface area contributed by atoms with Crippen molar-refractivity contribution in [2.75, 3.05) is 44.7 Å². The average molecular weight is 427 g/mol. The number of amides is 1. The van der Waals surface area contributed by atoms with Crippen LogP contribution in [0.3, 0.4) is 0 Å². The summed E-state index contributed by atoms with van der Waals surface area (Å²) in [6.07, 6.45) is 4.24. The number of H-pyrrole nitrogens is 1. The van der Waals surface area contributed by atoms with Gasteiger partial charge in [0.25, 0.3) is 5.91 Å². The Kier molecular flexibility index (Phi) is 5.11. The molecule has 2 aliphatic heterocycles. The van der Waals surface area contributed by atoms with Crippen molar-refractivity contribution in [3.8, 4) is 11.5 Å². The fourth-order valence-corrected chi connectivity index (χ4v) is 4.25. The van der Waals surface area contributed by atoms with Crippen LogP contribution in [0.4, 0.5) is 10.1 Å². The molecule has 5 rings (SSSR count). The van der Waals surface area contributed by atoms with Gasteiger partial charge in [0, 0.05) is 45.0 Å². The van der Waals surface area contributed by atoms with E-state index < -0.39 is 5.91 Å². The molecule has 1 amide bonds. The second-order valence-electron chi connectivity index (χ2n) is 8.25. The number of carbonyl (C=O) groups is 1. The van der Waals surface area contributed by atoms with E-state index in [1.807, 2.05) is 4.90 Å². The lowest BCUT2D eigenvalue weighted by Gasteiger charge is -2.34. The third kappa shape index (κ3) is 3.77. The minimum atomic E-state index is -0.596. The topological polar surface area (TPSA) is 105 Å². The van der Waals surface area contributed by atoms with E-state index in [0.29, 0.717) is 34.8 Å². The molecule has 3 aromatic rings. The summed E-state index contributed by atoms with van der Waals surface area (Å²) in [7, 11) is 2.06. The van der Waals surface area contributed by atoms with Crippen LogP contribution in [-0.4, -0.2) is 70.4 Å². The van der Waals surface area contributed by atoms with Crippen molar-refractivity contribution in [3.63, 3.8) is 0 Å². The van der Waals surface area contributed by atoms with Crippen molar-refractivity contribution in [2.24, 2.45) is 5.73 Å². The molecule has 9 nitrogen and oxygen atoms in total. The Labute approximate surface area is 179 Å². The lowest BCUT2D eigenvalue weighted by Crippen LogP contribution is -2.44. The molecule has 0 bridgehead atoms. The number of halogens is 1. The van der Waals surface area contributed by atoms with Gasteiger partial charge in [-0.15, -0.1) is 0 Å². The minimum absolute atomic E-state index is 0.230. The quantitative estimate of drug-likeness (QED) is 0.661. The number of nitrogens with zero attached hydrogens (tertiary/aromatic N) is 5. The predicted molar refractivity (Wildman–Crippen MR) is 114 cm³/mol. The van der Waals surface area contributed by atoms with E-state index in [1.165, 1.54) is 6.07 Å². The molecule has 10 heteroatoms. The number of primary amides is 1. The van der Waals surface area contributed by atoms with Crippen LogP contribution in [0.1, 0.15) is 35.8 Å². The van der Waals surface area contributed by atoms with Gasteiger partial charge in [-0.1, -0.05) is 0 Å². The SMILES string of the molecule is CN1CCN(c2cc3nc(-c4nn(C5CCCCO5)cc4C(N)=O)[nH]c3cc2F)CC1. The van der Waals surface area contributed by atoms with Crippen LogP contribution in [0, 0.1) is 5.82 Å². The number of carbonyl (C=O) groups excluding carboxylic acids is 1. The maximum absolute atomic E-state index is 14.9. The lowest BCUT2D eigenvalue weighted by atomic mass is 10.2. The number of piperazine rings is 1. The Bertz CT molecular complexity index is 1110. The molecule has 31 heavy (non-hydrogen) atoms. The van der Waals surface area contributed by atoms with Gasteiger partial charge in [0.2, 0.25) is 0 Å². The second-order valence-corrected chi connectivity index (χ2v) is 8.25. The largest absolute Gasteiger partial charge is 0.367 e. The van der Waals surface area contributed by atoms with Gasteiger partial charge < -0.3 is 25.3 Å². The number of aromatic nitrogens is 4. The van der Waals surface area contributed by atoms with Crippen LogP contribution >= 0.6 is 0 Å². The molecule has 2 aliphatic rings. The van der Waals surface area contributed by atoms with Gasteiger partial charge in [0.15, 0.2) is 5.82 Å². The Hall–Kier alpha value is -2.98. The summed E-state index contributed by atoms with van der Waals surface area (Å²) < 4.78 is 22.3. The van der Waals surface area contributed by atoms with Gasteiger partial charge in [-0.3, -0.25) is 4.79 Å². The number of ether oxygens (including phenoxy) is 1. The molecule has 0 saturated carbocycles. The summed E-state index contributed by atoms with van der Waals surface area (Å²) in [5.74, 6) is -0.515. The zero-order valence-electron chi connectivity index (χ0n) is 17.5. The lowest BCUT2D eigenvalue weighted by molar-refractivity contribution is -0.0393. The van der Waals surface area contributed by atoms with Crippen LogP contribution < -0.4 is 10.6 Å². The summed E-state index contributed by atoms with van der Waals surface area (Å²) in [5.41, 5.74) is 7.90. The van der Waals surface area contributed by atoms with E-state index >= 15 is 0 Å². The van der Waals surface area contributed by atoms with Gasteiger partial charge in [-0.05, 0) is 32.4 Å². The van der Waals surface area contributed by atoms with Crippen LogP contribution in [-0.2, 0) is 4.74 Å². The van der Waals surface area contributed by atoms with Crippen molar-refractivity contribution in [1.29, 1.82) is 0 Å². The highest BCUT2D eigenvalue weighted by Gasteiger charge is 2.25. The molecular weight excluding hydrogens is 401 g/mol. The normalized spacial score (nSPS) is 20.5. The van der Waals surface area contributed by atoms with Crippen molar-refractivity contribution in [3.05, 3.63) is 29.7 Å². The zero-order chi connectivity index (χ0) is 21.5. The van der Waals surface area contributed by atoms with Gasteiger partial charge in [-0.25, -0.2) is 14.1 Å². The summed E-state index contributed by atoms with van der Waals surface area (Å²) in [6, 6.07) is 3.20. The van der Waals surface area contributed by atoms with Crippen LogP contribution in [0.2, 0.25) is 0 Å². The van der Waals surface area contributed by atoms with Crippen molar-refractivity contribution < 1.29 is 13.9 Å². The Balaban J connectivity index is 1.51. The molecule has 0 aliphatic carbocycles. The number of hydrogen-bond acceptors (Lipinski definition) is 6. The average Bonchev–Trinajstić information content (AvgIpc) is 3.38. The maximum atomic E-state index is 14.9. The Morgan fingerprint density at radius 1 is 1.26 bits per heavy atom. The molecule has 1 aromatic carbocycles. The molecule has 0 radical (unpaired) electrons. The standard InChI is InChI=1S/C21H26FN7O2/c1-27-5-7-28(8-6-27)17-11-16-15(10-14(17)22)24-21(25-16)19-13(20(23)30)12-29(26-19)18-4-2-3-9-31-18/h10-12,18H,2-9H2,1H3,(H2,23,30)(H,24,25). The number of anilines is 1. The molecule has 2 saturated heterocycles. The van der Waals surface area contributed by atoms with Crippen LogP contribution in [0.5, 0.6) is 0 Å². The van der Waals surface area contributed by atoms with Crippen molar-refractivity contribution in [2.45, 2.75) is 25.5 Å². The molecule has 1 unspecified atom stereocenters. The molecule has 4 heterocycles. The van der Waals surface area contributed by atoms with E-state index in [1.54, 1.807) is 16.9 Å². The van der Waals surface area contributed by atoms with E-state index in [0.717, 1.165) is 45.4 Å². The smallest absolute Gasteiger partial charge is 0.252 e. The monoisotopic (exact) mass is 427 g/mol. The first-order valence-electron chi connectivity index (χ1n) is 10.6. The molecule has 2 fully saturated rings. The maximum Gasteiger partial charge on any atom is 0.252 e. The minimum Gasteiger partial charge on any atom is -0.367 e. The van der Waals surface area contributed by atoms with E-state index in [9.17, 15) is 9.18 Å². The highest BCUT2D eigenvalue weighted by atomic mass is 19.1. The fraction of sp³-hybridized carbons (Fsp3) is 0.476. The fourth-order valence-electron chi connectivity index (χ4n) is 4.25. The molecule has 3 N–H and O–H groups in total. The van der Waals surface area contributed by atoms with Crippen molar-refractivity contribution >= 4 is 22.6 Å². The van der Waals surface area contributed by atoms with E-state index in [4.69, 9.17) is 10.5 Å². The second kappa shape index (κ2) is 7.93. The Morgan fingerprint density at radius 2 is 2.06 bits per heavy atom. The third-order valence-corrected chi connectivity index (χ3v) is 6.07. The zero-order valence-corrected chi connectivity index (χ0v) is 17.5. The number of fused-ring (bicyclic) bond motifs is 1. The van der Waals surface area contributed by atoms with Gasteiger partial charge >= 0.3 is 0 Å². The highest BCUT2D eigenvalue weighted by Crippen LogP contribution is 2.30. The molecule has 1 atom stereocenters. The summed E-state index contributed by atoms with van der Waals surface area (Å²) in [4.78, 5) is 24.0. The number of nitrogens with two attached hydrogens (primary N) is 1. The summed E-state index contributed by atoms with van der Waals surface area (Å²) in [6.45, 7) is 3.93. The number of rotatable bonds is 4. The molecule has 164 valence electrons. The van der Waals surface area contributed by atoms with E-state index in [2.05, 4.69) is 27.0 Å². The van der Waals surface area contributed by atoms with E-state index in [-0.39, 0.29) is 17.6 Å². The number of likely N-dealkylation sites (N-methyl/N-ethyl adjacent to an activating group) is 1. The Morgan fingerprint density at radius 3 is 2.77 bits per heavy atom. The molecule has 2 aromatic heterocycles. The first kappa shape index (κ1) is 20.0. The number of nitrogens with one attached hydrogen (secondary N) is 1. The van der Waals surface area contributed by atoms with Crippen molar-refractivity contribution in [1.82, 2.24) is 24.6 Å². The summed E-state index contributed by atoms with van der Waals surface area (Å²) in [5, 5.41) is 4.55. The first-order chi connectivity index (χ1) is 15.0.